The number of halogens is 1. The lowest BCUT2D eigenvalue weighted by atomic mass is 10.3. The first-order valence-electron chi connectivity index (χ1n) is 5.67. The van der Waals surface area contributed by atoms with Crippen LogP contribution in [0.15, 0.2) is 41.5 Å². The van der Waals surface area contributed by atoms with E-state index in [4.69, 9.17) is 17.0 Å². The third-order valence-corrected chi connectivity index (χ3v) is 3.64. The summed E-state index contributed by atoms with van der Waals surface area (Å²) in [5.74, 6) is 0.987. The molecule has 0 fully saturated rings. The topological polar surface area (TPSA) is 44.1 Å². The number of aromatic nitrogens is 2. The van der Waals surface area contributed by atoms with Crippen LogP contribution in [0.2, 0.25) is 0 Å². The van der Waals surface area contributed by atoms with E-state index in [9.17, 15) is 4.79 Å². The SMILES string of the molecule is C=CC(=O)c1nc(C=S)n(-c2ccc(OC)cc2)c1Br. The summed E-state index contributed by atoms with van der Waals surface area (Å²) in [5.41, 5.74) is 1.11. The van der Waals surface area contributed by atoms with E-state index in [0.29, 0.717) is 10.4 Å². The maximum atomic E-state index is 11.8. The lowest BCUT2D eigenvalue weighted by Gasteiger charge is -2.07. The molecule has 0 aliphatic rings. The van der Waals surface area contributed by atoms with Gasteiger partial charge in [0, 0.05) is 11.1 Å². The predicted molar refractivity (Wildman–Crippen MR) is 85.1 cm³/mol. The molecular weight excluding hydrogens is 340 g/mol. The fourth-order valence-electron chi connectivity index (χ4n) is 1.73. The Morgan fingerprint density at radius 1 is 1.45 bits per heavy atom. The Morgan fingerprint density at radius 3 is 2.60 bits per heavy atom. The maximum Gasteiger partial charge on any atom is 0.206 e. The highest BCUT2D eigenvalue weighted by Crippen LogP contribution is 2.25. The highest BCUT2D eigenvalue weighted by Gasteiger charge is 2.18. The number of ether oxygens (including phenoxy) is 1. The molecule has 0 atom stereocenters. The quantitative estimate of drug-likeness (QED) is 0.471. The lowest BCUT2D eigenvalue weighted by Crippen LogP contribution is -2.00. The van der Waals surface area contributed by atoms with Crippen molar-refractivity contribution in [2.45, 2.75) is 0 Å². The van der Waals surface area contributed by atoms with Crippen LogP contribution in [0.5, 0.6) is 5.75 Å². The smallest absolute Gasteiger partial charge is 0.206 e. The van der Waals surface area contributed by atoms with Crippen LogP contribution in [-0.4, -0.2) is 27.8 Å². The number of benzene rings is 1. The molecule has 20 heavy (non-hydrogen) atoms. The van der Waals surface area contributed by atoms with Crippen molar-refractivity contribution in [1.82, 2.24) is 9.55 Å². The van der Waals surface area contributed by atoms with E-state index in [-0.39, 0.29) is 11.5 Å². The van der Waals surface area contributed by atoms with Gasteiger partial charge in [0.05, 0.1) is 7.11 Å². The minimum Gasteiger partial charge on any atom is -0.497 e. The van der Waals surface area contributed by atoms with Crippen LogP contribution < -0.4 is 4.74 Å². The van der Waals surface area contributed by atoms with E-state index in [1.807, 2.05) is 24.3 Å². The predicted octanol–water partition coefficient (Wildman–Crippen LogP) is 3.36. The second-order valence-corrected chi connectivity index (χ2v) is 4.82. The average molecular weight is 351 g/mol. The molecule has 0 radical (unpaired) electrons. The highest BCUT2D eigenvalue weighted by molar-refractivity contribution is 9.10. The van der Waals surface area contributed by atoms with Crippen LogP contribution in [0.1, 0.15) is 16.3 Å². The third kappa shape index (κ3) is 2.57. The van der Waals surface area contributed by atoms with Gasteiger partial charge in [0.15, 0.2) is 0 Å². The van der Waals surface area contributed by atoms with Crippen LogP contribution in [0, 0.1) is 0 Å². The Hall–Kier alpha value is -1.79. The van der Waals surface area contributed by atoms with Crippen LogP contribution >= 0.6 is 28.1 Å². The van der Waals surface area contributed by atoms with Crippen molar-refractivity contribution in [3.8, 4) is 11.4 Å². The van der Waals surface area contributed by atoms with Gasteiger partial charge in [-0.3, -0.25) is 9.36 Å². The van der Waals surface area contributed by atoms with E-state index >= 15 is 0 Å². The van der Waals surface area contributed by atoms with Crippen molar-refractivity contribution in [1.29, 1.82) is 0 Å². The zero-order chi connectivity index (χ0) is 14.7. The summed E-state index contributed by atoms with van der Waals surface area (Å²) >= 11 is 8.35. The first-order valence-corrected chi connectivity index (χ1v) is 6.93. The van der Waals surface area contributed by atoms with Crippen LogP contribution in [0.4, 0.5) is 0 Å². The van der Waals surface area contributed by atoms with Crippen molar-refractivity contribution in [2.75, 3.05) is 7.11 Å². The molecule has 0 saturated carbocycles. The molecule has 1 aromatic heterocycles. The second kappa shape index (κ2) is 6.11. The molecule has 0 spiro atoms. The summed E-state index contributed by atoms with van der Waals surface area (Å²) in [6, 6.07) is 7.36. The first kappa shape index (κ1) is 14.6. The number of hydrogen-bond acceptors (Lipinski definition) is 4. The van der Waals surface area contributed by atoms with Gasteiger partial charge in [-0.05, 0) is 46.3 Å². The molecule has 2 rings (SSSR count). The van der Waals surface area contributed by atoms with Gasteiger partial charge >= 0.3 is 0 Å². The Bertz CT molecular complexity index is 677. The molecule has 0 saturated heterocycles. The molecular formula is C14H11BrN2O2S. The van der Waals surface area contributed by atoms with Crippen LogP contribution in [-0.2, 0) is 0 Å². The number of hydrogen-bond donors (Lipinski definition) is 0. The van der Waals surface area contributed by atoms with Crippen molar-refractivity contribution in [3.63, 3.8) is 0 Å². The molecule has 0 unspecified atom stereocenters. The molecule has 0 N–H and O–H groups in total. The Morgan fingerprint density at radius 2 is 2.10 bits per heavy atom. The number of methoxy groups -OCH3 is 1. The summed E-state index contributed by atoms with van der Waals surface area (Å²) in [5, 5.41) is 1.43. The van der Waals surface area contributed by atoms with Gasteiger partial charge in [-0.1, -0.05) is 18.8 Å². The van der Waals surface area contributed by atoms with Crippen LogP contribution in [0.25, 0.3) is 5.69 Å². The standard InChI is InChI=1S/C14H11BrN2O2S/c1-3-11(18)13-14(15)17(12(8-20)16-13)9-4-6-10(19-2)7-5-9/h3-8H,1H2,2H3. The molecule has 6 heteroatoms. The van der Waals surface area contributed by atoms with E-state index < -0.39 is 0 Å². The molecule has 0 aliphatic carbocycles. The van der Waals surface area contributed by atoms with E-state index in [2.05, 4.69) is 27.5 Å². The summed E-state index contributed by atoms with van der Waals surface area (Å²) in [7, 11) is 1.60. The fraction of sp³-hybridized carbons (Fsp3) is 0.0714. The first-order chi connectivity index (χ1) is 9.62. The van der Waals surface area contributed by atoms with Crippen molar-refractivity contribution >= 4 is 39.3 Å². The van der Waals surface area contributed by atoms with Gasteiger partial charge in [-0.15, -0.1) is 0 Å². The number of ketones is 1. The number of nitrogens with zero attached hydrogens (tertiary/aromatic N) is 2. The van der Waals surface area contributed by atoms with Crippen molar-refractivity contribution in [3.05, 3.63) is 53.0 Å². The summed E-state index contributed by atoms with van der Waals surface area (Å²) in [4.78, 5) is 16.0. The Balaban J connectivity index is 2.59. The Kier molecular flexibility index (Phi) is 4.46. The molecule has 102 valence electrons. The van der Waals surface area contributed by atoms with E-state index in [0.717, 1.165) is 11.4 Å². The molecule has 0 amide bonds. The summed E-state index contributed by atoms with van der Waals surface area (Å²) in [6.07, 6.45) is 1.22. The van der Waals surface area contributed by atoms with Gasteiger partial charge < -0.3 is 4.74 Å². The van der Waals surface area contributed by atoms with Gasteiger partial charge in [0.25, 0.3) is 0 Å². The largest absolute Gasteiger partial charge is 0.497 e. The van der Waals surface area contributed by atoms with Crippen LogP contribution in [0.3, 0.4) is 0 Å². The monoisotopic (exact) mass is 350 g/mol. The number of carbonyl (C=O) groups excluding carboxylic acids is 1. The fourth-order valence-corrected chi connectivity index (χ4v) is 2.56. The van der Waals surface area contributed by atoms with Gasteiger partial charge in [-0.25, -0.2) is 4.98 Å². The molecule has 2 aromatic rings. The highest BCUT2D eigenvalue weighted by atomic mass is 79.9. The maximum absolute atomic E-state index is 11.8. The number of rotatable bonds is 5. The van der Waals surface area contributed by atoms with Gasteiger partial charge in [0.2, 0.25) is 5.78 Å². The molecule has 4 nitrogen and oxygen atoms in total. The van der Waals surface area contributed by atoms with Crippen molar-refractivity contribution in [2.24, 2.45) is 0 Å². The van der Waals surface area contributed by atoms with E-state index in [1.54, 1.807) is 11.7 Å². The normalized spacial score (nSPS) is 10.1. The number of carbonyl (C=O) groups is 1. The minimum atomic E-state index is -0.262. The van der Waals surface area contributed by atoms with Gasteiger partial charge in [0.1, 0.15) is 21.9 Å². The number of imidazole rings is 1. The lowest BCUT2D eigenvalue weighted by molar-refractivity contribution is 0.104. The summed E-state index contributed by atoms with van der Waals surface area (Å²) in [6.45, 7) is 3.47. The van der Waals surface area contributed by atoms with E-state index in [1.165, 1.54) is 11.4 Å². The van der Waals surface area contributed by atoms with Crippen molar-refractivity contribution < 1.29 is 9.53 Å². The zero-order valence-electron chi connectivity index (χ0n) is 10.7. The third-order valence-electron chi connectivity index (χ3n) is 2.70. The molecule has 0 aliphatic heterocycles. The number of thiocarbonyl (C=S) groups is 1. The number of allylic oxidation sites excluding steroid dienone is 1. The molecule has 0 bridgehead atoms. The average Bonchev–Trinajstić information content (AvgIpc) is 2.83. The molecule has 1 heterocycles. The minimum absolute atomic E-state index is 0.262. The Labute approximate surface area is 130 Å². The zero-order valence-corrected chi connectivity index (χ0v) is 13.1. The molecule has 1 aromatic carbocycles. The summed E-state index contributed by atoms with van der Waals surface area (Å²) < 4.78 is 7.42. The van der Waals surface area contributed by atoms with Gasteiger partial charge in [-0.2, -0.15) is 0 Å². The second-order valence-electron chi connectivity index (χ2n) is 3.83.